The number of alkyl carbamates (subject to hydrolysis) is 1. The van der Waals surface area contributed by atoms with Crippen molar-refractivity contribution in [1.82, 2.24) is 10.2 Å². The molecule has 33 heavy (non-hydrogen) atoms. The first-order valence-corrected chi connectivity index (χ1v) is 11.3. The van der Waals surface area contributed by atoms with Gasteiger partial charge in [-0.05, 0) is 56.0 Å². The Bertz CT molecular complexity index is 1060. The molecule has 0 aromatic heterocycles. The summed E-state index contributed by atoms with van der Waals surface area (Å²) in [5.74, 6) is -1.42. The van der Waals surface area contributed by atoms with E-state index in [1.165, 1.54) is 0 Å². The van der Waals surface area contributed by atoms with Gasteiger partial charge in [-0.1, -0.05) is 47.5 Å². The molecule has 0 saturated carbocycles. The van der Waals surface area contributed by atoms with Crippen LogP contribution < -0.4 is 5.32 Å². The molecule has 3 rings (SSSR count). The Labute approximate surface area is 202 Å². The van der Waals surface area contributed by atoms with Crippen LogP contribution in [0.25, 0.3) is 0 Å². The van der Waals surface area contributed by atoms with Gasteiger partial charge in [-0.15, -0.1) is 0 Å². The first-order chi connectivity index (χ1) is 15.4. The van der Waals surface area contributed by atoms with E-state index in [9.17, 15) is 19.5 Å². The van der Waals surface area contributed by atoms with Crippen molar-refractivity contribution in [2.45, 2.75) is 51.8 Å². The lowest BCUT2D eigenvalue weighted by atomic mass is 9.94. The molecular weight excluding hydrogens is 467 g/mol. The van der Waals surface area contributed by atoms with Crippen LogP contribution in [-0.4, -0.2) is 46.2 Å². The van der Waals surface area contributed by atoms with Gasteiger partial charge in [-0.25, -0.2) is 9.59 Å². The second kappa shape index (κ2) is 10.0. The first kappa shape index (κ1) is 24.9. The second-order valence-corrected chi connectivity index (χ2v) is 9.73. The zero-order valence-corrected chi connectivity index (χ0v) is 20.2. The lowest BCUT2D eigenvalue weighted by Gasteiger charge is -2.30. The van der Waals surface area contributed by atoms with Crippen molar-refractivity contribution in [1.29, 1.82) is 0 Å². The van der Waals surface area contributed by atoms with E-state index in [2.05, 4.69) is 5.32 Å². The minimum atomic E-state index is -1.16. The standard InChI is InChI=1S/C24H26Cl2N2O5/c1-24(2,3)33-23(32)27-19(22(30)31)12-14-7-8-15-9-10-28(13-16(15)11-14)21(29)20-17(25)5-4-6-18(20)26/h4-8,11,19H,9-10,12-13H2,1-3H3,(H,27,32)(H,30,31). The number of hydrogen-bond donors (Lipinski definition) is 2. The van der Waals surface area contributed by atoms with E-state index in [1.54, 1.807) is 43.9 Å². The maximum Gasteiger partial charge on any atom is 0.408 e. The summed E-state index contributed by atoms with van der Waals surface area (Å²) in [6.45, 7) is 5.98. The largest absolute Gasteiger partial charge is 0.480 e. The van der Waals surface area contributed by atoms with Crippen LogP contribution in [-0.2, 0) is 28.9 Å². The molecule has 176 valence electrons. The summed E-state index contributed by atoms with van der Waals surface area (Å²) in [7, 11) is 0. The molecule has 0 aliphatic carbocycles. The number of fused-ring (bicyclic) bond motifs is 1. The summed E-state index contributed by atoms with van der Waals surface area (Å²) in [5.41, 5.74) is 2.26. The average Bonchev–Trinajstić information content (AvgIpc) is 2.71. The molecule has 0 bridgehead atoms. The van der Waals surface area contributed by atoms with Gasteiger partial charge in [-0.2, -0.15) is 0 Å². The highest BCUT2D eigenvalue weighted by Gasteiger charge is 2.27. The topological polar surface area (TPSA) is 95.9 Å². The van der Waals surface area contributed by atoms with E-state index in [-0.39, 0.29) is 17.9 Å². The third kappa shape index (κ3) is 6.39. The van der Waals surface area contributed by atoms with E-state index in [0.29, 0.717) is 29.6 Å². The quantitative estimate of drug-likeness (QED) is 0.629. The molecule has 0 fully saturated rings. The van der Waals surface area contributed by atoms with Gasteiger partial charge in [0.05, 0.1) is 15.6 Å². The average molecular weight is 493 g/mol. The van der Waals surface area contributed by atoms with Gasteiger partial charge >= 0.3 is 12.1 Å². The number of carboxylic acid groups (broad SMARTS) is 1. The number of nitrogens with zero attached hydrogens (tertiary/aromatic N) is 1. The van der Waals surface area contributed by atoms with Crippen LogP contribution in [0.3, 0.4) is 0 Å². The lowest BCUT2D eigenvalue weighted by molar-refractivity contribution is -0.139. The number of rotatable bonds is 5. The summed E-state index contributed by atoms with van der Waals surface area (Å²) in [6.07, 6.45) is -0.0603. The zero-order chi connectivity index (χ0) is 24.3. The molecule has 2 aromatic carbocycles. The molecule has 1 aliphatic heterocycles. The fourth-order valence-electron chi connectivity index (χ4n) is 3.66. The molecule has 7 nitrogen and oxygen atoms in total. The molecule has 2 aromatic rings. The molecule has 1 atom stereocenters. The van der Waals surface area contributed by atoms with Crippen LogP contribution >= 0.6 is 23.2 Å². The number of carboxylic acids is 1. The Morgan fingerprint density at radius 1 is 1.12 bits per heavy atom. The van der Waals surface area contributed by atoms with Gasteiger partial charge < -0.3 is 20.1 Å². The van der Waals surface area contributed by atoms with E-state index < -0.39 is 23.7 Å². The number of ether oxygens (including phenoxy) is 1. The summed E-state index contributed by atoms with van der Waals surface area (Å²) < 4.78 is 5.17. The number of nitrogens with one attached hydrogen (secondary N) is 1. The smallest absolute Gasteiger partial charge is 0.408 e. The minimum Gasteiger partial charge on any atom is -0.480 e. The van der Waals surface area contributed by atoms with Crippen LogP contribution in [0.4, 0.5) is 4.79 Å². The van der Waals surface area contributed by atoms with Crippen LogP contribution in [0, 0.1) is 0 Å². The SMILES string of the molecule is CC(C)(C)OC(=O)NC(Cc1ccc2c(c1)CN(C(=O)c1c(Cl)cccc1Cl)CC2)C(=O)O. The third-order valence-corrected chi connectivity index (χ3v) is 5.81. The van der Waals surface area contributed by atoms with Crippen molar-refractivity contribution in [2.24, 2.45) is 0 Å². The number of carbonyl (C=O) groups is 3. The Hall–Kier alpha value is -2.77. The van der Waals surface area contributed by atoms with Crippen LogP contribution in [0.15, 0.2) is 36.4 Å². The monoisotopic (exact) mass is 492 g/mol. The number of halogens is 2. The molecule has 1 heterocycles. The van der Waals surface area contributed by atoms with Gasteiger partial charge in [0.25, 0.3) is 5.91 Å². The van der Waals surface area contributed by atoms with Gasteiger partial charge in [0.1, 0.15) is 11.6 Å². The fraction of sp³-hybridized carbons (Fsp3) is 0.375. The van der Waals surface area contributed by atoms with Crippen molar-refractivity contribution >= 4 is 41.2 Å². The summed E-state index contributed by atoms with van der Waals surface area (Å²) in [4.78, 5) is 38.5. The summed E-state index contributed by atoms with van der Waals surface area (Å²) in [5, 5.41) is 12.6. The summed E-state index contributed by atoms with van der Waals surface area (Å²) >= 11 is 12.4. The molecule has 0 spiro atoms. The Kier molecular flexibility index (Phi) is 7.55. The van der Waals surface area contributed by atoms with Crippen molar-refractivity contribution in [3.8, 4) is 0 Å². The number of aliphatic carboxylic acids is 1. The van der Waals surface area contributed by atoms with Crippen LogP contribution in [0.1, 0.15) is 47.8 Å². The Balaban J connectivity index is 1.75. The molecule has 0 radical (unpaired) electrons. The molecule has 9 heteroatoms. The third-order valence-electron chi connectivity index (χ3n) is 5.18. The van der Waals surface area contributed by atoms with E-state index in [0.717, 1.165) is 16.7 Å². The maximum absolute atomic E-state index is 13.1. The number of carbonyl (C=O) groups excluding carboxylic acids is 2. The van der Waals surface area contributed by atoms with Crippen molar-refractivity contribution < 1.29 is 24.2 Å². The second-order valence-electron chi connectivity index (χ2n) is 8.92. The lowest BCUT2D eigenvalue weighted by Crippen LogP contribution is -2.44. The minimum absolute atomic E-state index is 0.0755. The normalized spacial score (nSPS) is 14.3. The first-order valence-electron chi connectivity index (χ1n) is 10.5. The van der Waals surface area contributed by atoms with Crippen LogP contribution in [0.5, 0.6) is 0 Å². The van der Waals surface area contributed by atoms with Crippen molar-refractivity contribution in [2.75, 3.05) is 6.54 Å². The fourth-order valence-corrected chi connectivity index (χ4v) is 4.22. The highest BCUT2D eigenvalue weighted by molar-refractivity contribution is 6.39. The van der Waals surface area contributed by atoms with Gasteiger partial charge in [0.15, 0.2) is 0 Å². The zero-order valence-electron chi connectivity index (χ0n) is 18.7. The van der Waals surface area contributed by atoms with E-state index in [4.69, 9.17) is 27.9 Å². The number of benzene rings is 2. The highest BCUT2D eigenvalue weighted by Crippen LogP contribution is 2.28. The number of amides is 2. The molecular formula is C24H26Cl2N2O5. The van der Waals surface area contributed by atoms with Crippen LogP contribution in [0.2, 0.25) is 10.0 Å². The molecule has 1 unspecified atom stereocenters. The predicted molar refractivity (Wildman–Crippen MR) is 126 cm³/mol. The molecule has 2 N–H and O–H groups in total. The maximum atomic E-state index is 13.1. The Morgan fingerprint density at radius 3 is 2.39 bits per heavy atom. The molecule has 0 saturated heterocycles. The number of hydrogen-bond acceptors (Lipinski definition) is 4. The van der Waals surface area contributed by atoms with E-state index >= 15 is 0 Å². The van der Waals surface area contributed by atoms with Gasteiger partial charge in [0.2, 0.25) is 0 Å². The summed E-state index contributed by atoms with van der Waals surface area (Å²) in [6, 6.07) is 9.43. The van der Waals surface area contributed by atoms with Gasteiger partial charge in [0, 0.05) is 19.5 Å². The predicted octanol–water partition coefficient (Wildman–Crippen LogP) is 4.71. The van der Waals surface area contributed by atoms with Gasteiger partial charge in [-0.3, -0.25) is 4.79 Å². The highest BCUT2D eigenvalue weighted by atomic mass is 35.5. The van der Waals surface area contributed by atoms with Crippen molar-refractivity contribution in [3.63, 3.8) is 0 Å². The van der Waals surface area contributed by atoms with E-state index in [1.807, 2.05) is 18.2 Å². The van der Waals surface area contributed by atoms with Crippen molar-refractivity contribution in [3.05, 3.63) is 68.7 Å². The Morgan fingerprint density at radius 2 is 1.79 bits per heavy atom. The molecule has 2 amide bonds. The molecule has 1 aliphatic rings.